The maximum absolute atomic E-state index is 12.3. The molecule has 0 bridgehead atoms. The van der Waals surface area contributed by atoms with Crippen LogP contribution in [0.25, 0.3) is 0 Å². The largest absolute Gasteiger partial charge is 0.288 e. The van der Waals surface area contributed by atoms with E-state index in [2.05, 4.69) is 0 Å². The predicted molar refractivity (Wildman–Crippen MR) is 47.8 cm³/mol. The molecular formula is C8H6ClF2NO2. The molecule has 0 atom stereocenters. The van der Waals surface area contributed by atoms with Gasteiger partial charge >= 0.3 is 0 Å². The molecule has 0 spiro atoms. The van der Waals surface area contributed by atoms with Gasteiger partial charge in [-0.1, -0.05) is 11.6 Å². The number of hydrogen-bond donors (Lipinski definition) is 0. The van der Waals surface area contributed by atoms with Crippen molar-refractivity contribution in [2.75, 3.05) is 0 Å². The number of nitrogens with zero attached hydrogens (tertiary/aromatic N) is 1. The Hall–Kier alpha value is -1.23. The Kier molecular flexibility index (Phi) is 3.00. The predicted octanol–water partition coefficient (Wildman–Crippen LogP) is 3.49. The van der Waals surface area contributed by atoms with Gasteiger partial charge in [0, 0.05) is 11.6 Å². The lowest BCUT2D eigenvalue weighted by atomic mass is 10.1. The van der Waals surface area contributed by atoms with Gasteiger partial charge in [-0.25, -0.2) is 8.78 Å². The molecular weight excluding hydrogens is 216 g/mol. The highest BCUT2D eigenvalue weighted by atomic mass is 35.5. The number of benzene rings is 1. The van der Waals surface area contributed by atoms with E-state index in [4.69, 9.17) is 11.6 Å². The second-order valence-electron chi connectivity index (χ2n) is 2.73. The highest BCUT2D eigenvalue weighted by Crippen LogP contribution is 2.32. The van der Waals surface area contributed by atoms with Crippen LogP contribution < -0.4 is 0 Å². The van der Waals surface area contributed by atoms with Gasteiger partial charge in [-0.2, -0.15) is 0 Å². The van der Waals surface area contributed by atoms with Gasteiger partial charge in [-0.05, 0) is 18.6 Å². The monoisotopic (exact) mass is 221 g/mol. The molecule has 0 aromatic heterocycles. The summed E-state index contributed by atoms with van der Waals surface area (Å²) in [6, 6.07) is 1.93. The molecule has 0 radical (unpaired) electrons. The van der Waals surface area contributed by atoms with Crippen molar-refractivity contribution in [3.63, 3.8) is 0 Å². The zero-order valence-electron chi connectivity index (χ0n) is 7.13. The molecule has 0 unspecified atom stereocenters. The summed E-state index contributed by atoms with van der Waals surface area (Å²) in [6.45, 7) is 1.45. The third kappa shape index (κ3) is 1.98. The average Bonchev–Trinajstić information content (AvgIpc) is 2.08. The van der Waals surface area contributed by atoms with Crippen molar-refractivity contribution in [1.82, 2.24) is 0 Å². The average molecular weight is 222 g/mol. The number of alkyl halides is 2. The van der Waals surface area contributed by atoms with Crippen LogP contribution >= 0.6 is 11.6 Å². The van der Waals surface area contributed by atoms with Gasteiger partial charge in [0.15, 0.2) is 0 Å². The molecule has 0 saturated carbocycles. The third-order valence-electron chi connectivity index (χ3n) is 1.71. The van der Waals surface area contributed by atoms with E-state index < -0.39 is 22.6 Å². The highest BCUT2D eigenvalue weighted by Gasteiger charge is 2.19. The number of halogens is 3. The van der Waals surface area contributed by atoms with Crippen molar-refractivity contribution in [2.45, 2.75) is 13.3 Å². The van der Waals surface area contributed by atoms with Crippen molar-refractivity contribution in [3.8, 4) is 0 Å². The fourth-order valence-electron chi connectivity index (χ4n) is 1.04. The van der Waals surface area contributed by atoms with E-state index in [1.165, 1.54) is 6.92 Å². The minimum Gasteiger partial charge on any atom is -0.258 e. The maximum atomic E-state index is 12.3. The maximum Gasteiger partial charge on any atom is 0.288 e. The SMILES string of the molecule is Cc1cc(C(F)F)cc([N+](=O)[O-])c1Cl. The Bertz CT molecular complexity index is 382. The van der Waals surface area contributed by atoms with Crippen LogP contribution in [-0.2, 0) is 0 Å². The van der Waals surface area contributed by atoms with Crippen LogP contribution in [0.3, 0.4) is 0 Å². The van der Waals surface area contributed by atoms with Crippen molar-refractivity contribution in [3.05, 3.63) is 38.4 Å². The number of rotatable bonds is 2. The van der Waals surface area contributed by atoms with Gasteiger partial charge in [0.25, 0.3) is 12.1 Å². The van der Waals surface area contributed by atoms with Crippen LogP contribution in [0.15, 0.2) is 12.1 Å². The summed E-state index contributed by atoms with van der Waals surface area (Å²) in [4.78, 5) is 9.65. The molecule has 76 valence electrons. The zero-order chi connectivity index (χ0) is 10.9. The second-order valence-corrected chi connectivity index (χ2v) is 3.11. The Morgan fingerprint density at radius 3 is 2.50 bits per heavy atom. The normalized spacial score (nSPS) is 10.6. The first-order valence-corrected chi connectivity index (χ1v) is 4.04. The van der Waals surface area contributed by atoms with E-state index >= 15 is 0 Å². The zero-order valence-corrected chi connectivity index (χ0v) is 7.89. The number of hydrogen-bond acceptors (Lipinski definition) is 2. The molecule has 0 fully saturated rings. The Morgan fingerprint density at radius 2 is 2.07 bits per heavy atom. The van der Waals surface area contributed by atoms with Gasteiger partial charge in [0.1, 0.15) is 5.02 Å². The molecule has 0 saturated heterocycles. The third-order valence-corrected chi connectivity index (χ3v) is 2.20. The topological polar surface area (TPSA) is 43.1 Å². The number of nitro benzene ring substituents is 1. The van der Waals surface area contributed by atoms with Crippen LogP contribution in [0.4, 0.5) is 14.5 Å². The molecule has 1 aromatic rings. The summed E-state index contributed by atoms with van der Waals surface area (Å²) in [5.74, 6) is 0. The Morgan fingerprint density at radius 1 is 1.50 bits per heavy atom. The first-order valence-electron chi connectivity index (χ1n) is 3.66. The molecule has 0 aliphatic heterocycles. The van der Waals surface area contributed by atoms with E-state index in [1.807, 2.05) is 0 Å². The smallest absolute Gasteiger partial charge is 0.258 e. The van der Waals surface area contributed by atoms with Crippen molar-refractivity contribution in [1.29, 1.82) is 0 Å². The Labute approximate surface area is 83.4 Å². The van der Waals surface area contributed by atoms with Crippen LogP contribution in [0.1, 0.15) is 17.6 Å². The molecule has 0 amide bonds. The van der Waals surface area contributed by atoms with Gasteiger partial charge in [-0.3, -0.25) is 10.1 Å². The molecule has 0 aliphatic carbocycles. The van der Waals surface area contributed by atoms with Crippen molar-refractivity contribution in [2.24, 2.45) is 0 Å². The van der Waals surface area contributed by atoms with Crippen LogP contribution in [0, 0.1) is 17.0 Å². The lowest BCUT2D eigenvalue weighted by Crippen LogP contribution is -1.94. The lowest BCUT2D eigenvalue weighted by Gasteiger charge is -2.03. The van der Waals surface area contributed by atoms with E-state index in [0.717, 1.165) is 12.1 Å². The quantitative estimate of drug-likeness (QED) is 0.567. The van der Waals surface area contributed by atoms with Crippen molar-refractivity contribution >= 4 is 17.3 Å². The summed E-state index contributed by atoms with van der Waals surface area (Å²) in [7, 11) is 0. The number of aryl methyl sites for hydroxylation is 1. The second kappa shape index (κ2) is 3.88. The van der Waals surface area contributed by atoms with E-state index in [9.17, 15) is 18.9 Å². The molecule has 3 nitrogen and oxygen atoms in total. The molecule has 1 rings (SSSR count). The Balaban J connectivity index is 3.35. The molecule has 14 heavy (non-hydrogen) atoms. The summed E-state index contributed by atoms with van der Waals surface area (Å²) in [5, 5.41) is 10.3. The first-order chi connectivity index (χ1) is 6.43. The fourth-order valence-corrected chi connectivity index (χ4v) is 1.22. The van der Waals surface area contributed by atoms with Gasteiger partial charge in [0.2, 0.25) is 0 Å². The van der Waals surface area contributed by atoms with E-state index in [-0.39, 0.29) is 10.6 Å². The first kappa shape index (κ1) is 10.8. The van der Waals surface area contributed by atoms with Gasteiger partial charge < -0.3 is 0 Å². The molecule has 1 aromatic carbocycles. The fraction of sp³-hybridized carbons (Fsp3) is 0.250. The summed E-state index contributed by atoms with van der Waals surface area (Å²) in [5.41, 5.74) is -0.600. The molecule has 6 heteroatoms. The summed E-state index contributed by atoms with van der Waals surface area (Å²) in [6.07, 6.45) is -2.73. The molecule has 0 heterocycles. The van der Waals surface area contributed by atoms with Crippen LogP contribution in [-0.4, -0.2) is 4.92 Å². The lowest BCUT2D eigenvalue weighted by molar-refractivity contribution is -0.384. The van der Waals surface area contributed by atoms with Crippen LogP contribution in [0.5, 0.6) is 0 Å². The minimum atomic E-state index is -2.73. The molecule has 0 N–H and O–H groups in total. The van der Waals surface area contributed by atoms with Gasteiger partial charge in [-0.15, -0.1) is 0 Å². The molecule has 0 aliphatic rings. The minimum absolute atomic E-state index is 0.0978. The van der Waals surface area contributed by atoms with Crippen LogP contribution in [0.2, 0.25) is 5.02 Å². The standard InChI is InChI=1S/C8H6ClF2NO2/c1-4-2-5(8(10)11)3-6(7(4)9)12(13)14/h2-3,8H,1H3. The van der Waals surface area contributed by atoms with Gasteiger partial charge in [0.05, 0.1) is 4.92 Å². The number of nitro groups is 1. The summed E-state index contributed by atoms with van der Waals surface area (Å²) < 4.78 is 24.5. The van der Waals surface area contributed by atoms with E-state index in [1.54, 1.807) is 0 Å². The highest BCUT2D eigenvalue weighted by molar-refractivity contribution is 6.33. The summed E-state index contributed by atoms with van der Waals surface area (Å²) >= 11 is 5.58. The van der Waals surface area contributed by atoms with Crippen molar-refractivity contribution < 1.29 is 13.7 Å². The van der Waals surface area contributed by atoms with E-state index in [0.29, 0.717) is 0 Å².